The first-order valence-electron chi connectivity index (χ1n) is 13.5. The van der Waals surface area contributed by atoms with Gasteiger partial charge in [0.1, 0.15) is 0 Å². The molecule has 0 aliphatic carbocycles. The average molecular weight is 521 g/mol. The van der Waals surface area contributed by atoms with Crippen LogP contribution in [0.15, 0.2) is 115 Å². The highest BCUT2D eigenvalue weighted by molar-refractivity contribution is 6.35. The number of nitrogens with zero attached hydrogens (tertiary/aromatic N) is 2. The van der Waals surface area contributed by atoms with Gasteiger partial charge in [0.25, 0.3) is 11.8 Å². The molecule has 0 radical (unpaired) electrons. The maximum absolute atomic E-state index is 14.1. The fraction of sp³-hybridized carbons (Fsp3) is 0.111. The van der Waals surface area contributed by atoms with Crippen LogP contribution in [0.5, 0.6) is 0 Å². The van der Waals surface area contributed by atoms with Crippen molar-refractivity contribution in [2.24, 2.45) is 0 Å². The molecule has 6 aromatic rings. The lowest BCUT2D eigenvalue weighted by molar-refractivity contribution is 0.0926. The molecular formula is C36H28N2O2. The molecule has 7 rings (SSSR count). The van der Waals surface area contributed by atoms with Crippen LogP contribution in [-0.4, -0.2) is 16.4 Å². The molecule has 0 saturated carbocycles. The number of hydrogen-bond acceptors (Lipinski definition) is 2. The van der Waals surface area contributed by atoms with Crippen molar-refractivity contribution in [2.45, 2.75) is 26.2 Å². The zero-order valence-corrected chi connectivity index (χ0v) is 22.7. The minimum atomic E-state index is -0.303. The monoisotopic (exact) mass is 520 g/mol. The Hall–Kier alpha value is -4.96. The fourth-order valence-corrected chi connectivity index (χ4v) is 6.00. The van der Waals surface area contributed by atoms with E-state index in [1.54, 1.807) is 6.07 Å². The van der Waals surface area contributed by atoms with Crippen molar-refractivity contribution in [3.05, 3.63) is 132 Å². The summed E-state index contributed by atoms with van der Waals surface area (Å²) < 4.78 is 2.18. The highest BCUT2D eigenvalue weighted by atomic mass is 16.2. The van der Waals surface area contributed by atoms with Crippen LogP contribution in [0.4, 0.5) is 5.69 Å². The summed E-state index contributed by atoms with van der Waals surface area (Å²) in [5.74, 6) is -0.603. The molecule has 0 spiro atoms. The number of aromatic nitrogens is 1. The first kappa shape index (κ1) is 24.1. The topological polar surface area (TPSA) is 42.3 Å². The highest BCUT2D eigenvalue weighted by Gasteiger charge is 2.39. The number of carbonyl (C=O) groups excluding carboxylic acids is 2. The number of amides is 2. The second-order valence-corrected chi connectivity index (χ2v) is 11.4. The number of anilines is 1. The van der Waals surface area contributed by atoms with Gasteiger partial charge in [-0.2, -0.15) is 0 Å². The van der Waals surface area contributed by atoms with Gasteiger partial charge in [0, 0.05) is 10.8 Å². The second kappa shape index (κ2) is 8.78. The van der Waals surface area contributed by atoms with E-state index in [1.165, 1.54) is 10.5 Å². The van der Waals surface area contributed by atoms with Crippen LogP contribution in [0, 0.1) is 0 Å². The first-order chi connectivity index (χ1) is 19.3. The molecule has 2 heterocycles. The van der Waals surface area contributed by atoms with Crippen molar-refractivity contribution >= 4 is 39.3 Å². The molecule has 0 N–H and O–H groups in total. The Balaban J connectivity index is 1.42. The lowest BCUT2D eigenvalue weighted by atomic mass is 9.85. The van der Waals surface area contributed by atoms with Crippen molar-refractivity contribution in [2.75, 3.05) is 4.90 Å². The SMILES string of the molecule is CC(C)(C)c1cccc2c3ccccc3n(-c3cccc4c3C(=O)N(c3ccc(-c5ccccc5)cc3)C4=O)c12. The molecular weight excluding hydrogens is 492 g/mol. The third-order valence-corrected chi connectivity index (χ3v) is 7.87. The Morgan fingerprint density at radius 1 is 0.575 bits per heavy atom. The molecule has 194 valence electrons. The minimum Gasteiger partial charge on any atom is -0.308 e. The van der Waals surface area contributed by atoms with Crippen LogP contribution in [0.25, 0.3) is 38.6 Å². The lowest BCUT2D eigenvalue weighted by Gasteiger charge is -2.22. The molecule has 0 fully saturated rings. The van der Waals surface area contributed by atoms with Crippen molar-refractivity contribution in [3.8, 4) is 16.8 Å². The molecule has 0 atom stereocenters. The predicted molar refractivity (Wildman–Crippen MR) is 162 cm³/mol. The van der Waals surface area contributed by atoms with Crippen molar-refractivity contribution < 1.29 is 9.59 Å². The number of imide groups is 1. The van der Waals surface area contributed by atoms with Crippen LogP contribution in [0.3, 0.4) is 0 Å². The van der Waals surface area contributed by atoms with Gasteiger partial charge in [0.2, 0.25) is 0 Å². The second-order valence-electron chi connectivity index (χ2n) is 11.4. The molecule has 1 aromatic heterocycles. The number of benzene rings is 5. The summed E-state index contributed by atoms with van der Waals surface area (Å²) in [4.78, 5) is 29.2. The first-order valence-corrected chi connectivity index (χ1v) is 13.5. The highest BCUT2D eigenvalue weighted by Crippen LogP contribution is 2.41. The molecule has 1 aliphatic heterocycles. The van der Waals surface area contributed by atoms with E-state index in [-0.39, 0.29) is 17.2 Å². The molecule has 1 aliphatic rings. The lowest BCUT2D eigenvalue weighted by Crippen LogP contribution is -2.29. The maximum atomic E-state index is 14.1. The van der Waals surface area contributed by atoms with E-state index in [4.69, 9.17) is 0 Å². The largest absolute Gasteiger partial charge is 0.308 e. The van der Waals surface area contributed by atoms with Gasteiger partial charge in [0.15, 0.2) is 0 Å². The van der Waals surface area contributed by atoms with E-state index in [0.717, 1.165) is 38.6 Å². The third-order valence-electron chi connectivity index (χ3n) is 7.87. The maximum Gasteiger partial charge on any atom is 0.268 e. The number of fused-ring (bicyclic) bond motifs is 4. The summed E-state index contributed by atoms with van der Waals surface area (Å²) in [6, 6.07) is 37.9. The zero-order chi connectivity index (χ0) is 27.6. The Labute approximate surface area is 233 Å². The molecule has 4 heteroatoms. The van der Waals surface area contributed by atoms with Crippen LogP contribution >= 0.6 is 0 Å². The zero-order valence-electron chi connectivity index (χ0n) is 22.7. The molecule has 0 unspecified atom stereocenters. The normalized spacial score (nSPS) is 13.4. The fourth-order valence-electron chi connectivity index (χ4n) is 6.00. The molecule has 5 aromatic carbocycles. The van der Waals surface area contributed by atoms with Gasteiger partial charge in [-0.1, -0.05) is 106 Å². The van der Waals surface area contributed by atoms with Crippen LogP contribution in [0.2, 0.25) is 0 Å². The Kier molecular flexibility index (Phi) is 5.29. The third kappa shape index (κ3) is 3.53. The van der Waals surface area contributed by atoms with Gasteiger partial charge in [-0.05, 0) is 52.4 Å². The van der Waals surface area contributed by atoms with Crippen molar-refractivity contribution in [3.63, 3.8) is 0 Å². The van der Waals surface area contributed by atoms with E-state index in [1.807, 2.05) is 78.9 Å². The van der Waals surface area contributed by atoms with E-state index in [2.05, 4.69) is 55.7 Å². The summed E-state index contributed by atoms with van der Waals surface area (Å²) in [5, 5.41) is 2.25. The number of para-hydroxylation sites is 2. The standard InChI is InChI=1S/C36H28N2O2/c1-36(2,3)29-16-9-14-27-26-13-7-8-17-30(26)38(33(27)29)31-18-10-15-28-32(31)35(40)37(34(28)39)25-21-19-24(20-22-25)23-11-5-4-6-12-23/h4-22H,1-3H3. The summed E-state index contributed by atoms with van der Waals surface area (Å²) in [6.07, 6.45) is 0. The minimum absolute atomic E-state index is 0.129. The molecule has 2 amide bonds. The van der Waals surface area contributed by atoms with Crippen molar-refractivity contribution in [1.29, 1.82) is 0 Å². The van der Waals surface area contributed by atoms with E-state index < -0.39 is 0 Å². The van der Waals surface area contributed by atoms with Crippen molar-refractivity contribution in [1.82, 2.24) is 4.57 Å². The Bertz CT molecular complexity index is 1960. The molecule has 40 heavy (non-hydrogen) atoms. The summed E-state index contributed by atoms with van der Waals surface area (Å²) in [5.41, 5.74) is 7.39. The van der Waals surface area contributed by atoms with Gasteiger partial charge in [-0.3, -0.25) is 9.59 Å². The summed E-state index contributed by atoms with van der Waals surface area (Å²) in [7, 11) is 0. The van der Waals surface area contributed by atoms with Crippen LogP contribution < -0.4 is 4.90 Å². The average Bonchev–Trinajstić information content (AvgIpc) is 3.44. The number of carbonyl (C=O) groups is 2. The smallest absolute Gasteiger partial charge is 0.268 e. The summed E-state index contributed by atoms with van der Waals surface area (Å²) in [6.45, 7) is 6.61. The quantitative estimate of drug-likeness (QED) is 0.219. The Morgan fingerprint density at radius 2 is 1.23 bits per heavy atom. The van der Waals surface area contributed by atoms with Gasteiger partial charge in [-0.15, -0.1) is 0 Å². The van der Waals surface area contributed by atoms with E-state index in [9.17, 15) is 9.59 Å². The molecule has 0 bridgehead atoms. The van der Waals surface area contributed by atoms with Crippen LogP contribution in [-0.2, 0) is 5.41 Å². The Morgan fingerprint density at radius 3 is 1.98 bits per heavy atom. The summed E-state index contributed by atoms with van der Waals surface area (Å²) >= 11 is 0. The number of rotatable bonds is 3. The number of hydrogen-bond donors (Lipinski definition) is 0. The van der Waals surface area contributed by atoms with Gasteiger partial charge < -0.3 is 4.57 Å². The van der Waals surface area contributed by atoms with Gasteiger partial charge >= 0.3 is 0 Å². The van der Waals surface area contributed by atoms with E-state index >= 15 is 0 Å². The predicted octanol–water partition coefficient (Wildman–Crippen LogP) is 8.55. The molecule has 4 nitrogen and oxygen atoms in total. The van der Waals surface area contributed by atoms with Gasteiger partial charge in [0.05, 0.1) is 33.5 Å². The van der Waals surface area contributed by atoms with Gasteiger partial charge in [-0.25, -0.2) is 4.90 Å². The molecule has 0 saturated heterocycles. The van der Waals surface area contributed by atoms with Crippen LogP contribution in [0.1, 0.15) is 47.1 Å². The van der Waals surface area contributed by atoms with E-state index in [0.29, 0.717) is 16.8 Å².